The minimum Gasteiger partial charge on any atom is -0.392 e. The van der Waals surface area contributed by atoms with Crippen LogP contribution in [0.25, 0.3) is 0 Å². The van der Waals surface area contributed by atoms with Crippen LogP contribution >= 0.6 is 0 Å². The number of hydrogen-bond acceptors (Lipinski definition) is 2. The van der Waals surface area contributed by atoms with Crippen LogP contribution in [0.4, 0.5) is 0 Å². The van der Waals surface area contributed by atoms with E-state index in [-0.39, 0.29) is 11.5 Å². The van der Waals surface area contributed by atoms with Crippen molar-refractivity contribution in [1.82, 2.24) is 0 Å². The molecule has 0 aromatic carbocycles. The summed E-state index contributed by atoms with van der Waals surface area (Å²) >= 11 is 0. The van der Waals surface area contributed by atoms with Crippen LogP contribution in [0, 0.1) is 5.41 Å². The lowest BCUT2D eigenvalue weighted by Gasteiger charge is -2.51. The second kappa shape index (κ2) is 3.60. The molecule has 0 unspecified atom stereocenters. The third-order valence-corrected chi connectivity index (χ3v) is 4.64. The number of aliphatic hydroxyl groups excluding tert-OH is 1. The van der Waals surface area contributed by atoms with Gasteiger partial charge < -0.3 is 10.2 Å². The maximum atomic E-state index is 10.8. The first-order valence-electron chi connectivity index (χ1n) is 6.05. The molecule has 0 aromatic heterocycles. The zero-order valence-corrected chi connectivity index (χ0v) is 9.63. The topological polar surface area (TPSA) is 40.5 Å². The summed E-state index contributed by atoms with van der Waals surface area (Å²) in [5.74, 6) is 0. The van der Waals surface area contributed by atoms with E-state index in [0.717, 1.165) is 44.1 Å². The average molecular weight is 210 g/mol. The molecule has 2 aliphatic carbocycles. The highest BCUT2D eigenvalue weighted by molar-refractivity contribution is 5.13. The Hall–Kier alpha value is -0.340. The maximum absolute atomic E-state index is 10.8. The van der Waals surface area contributed by atoms with Crippen LogP contribution < -0.4 is 0 Å². The molecule has 2 fully saturated rings. The molecule has 0 saturated heterocycles. The molecule has 15 heavy (non-hydrogen) atoms. The lowest BCUT2D eigenvalue weighted by Crippen LogP contribution is -2.55. The smallest absolute Gasteiger partial charge is 0.0762 e. The fourth-order valence-electron chi connectivity index (χ4n) is 3.40. The van der Waals surface area contributed by atoms with Gasteiger partial charge in [-0.25, -0.2) is 0 Å². The lowest BCUT2D eigenvalue weighted by molar-refractivity contribution is -0.163. The fourth-order valence-corrected chi connectivity index (χ4v) is 3.40. The van der Waals surface area contributed by atoms with E-state index in [0.29, 0.717) is 6.42 Å². The van der Waals surface area contributed by atoms with Gasteiger partial charge in [0.2, 0.25) is 0 Å². The van der Waals surface area contributed by atoms with Gasteiger partial charge in [0, 0.05) is 5.41 Å². The zero-order chi connectivity index (χ0) is 11.1. The highest BCUT2D eigenvalue weighted by atomic mass is 16.3. The summed E-state index contributed by atoms with van der Waals surface area (Å²) in [6.45, 7) is 6.08. The van der Waals surface area contributed by atoms with Gasteiger partial charge in [-0.15, -0.1) is 0 Å². The van der Waals surface area contributed by atoms with E-state index < -0.39 is 5.60 Å². The molecule has 0 amide bonds. The van der Waals surface area contributed by atoms with E-state index in [9.17, 15) is 10.2 Å². The van der Waals surface area contributed by atoms with Crippen molar-refractivity contribution >= 4 is 0 Å². The number of hydrogen-bond donors (Lipinski definition) is 2. The van der Waals surface area contributed by atoms with Crippen molar-refractivity contribution in [3.8, 4) is 0 Å². The van der Waals surface area contributed by atoms with Crippen LogP contribution in [0.2, 0.25) is 0 Å². The highest BCUT2D eigenvalue weighted by Crippen LogP contribution is 2.52. The van der Waals surface area contributed by atoms with Crippen molar-refractivity contribution in [1.29, 1.82) is 0 Å². The Balaban J connectivity index is 2.33. The Morgan fingerprint density at radius 1 is 1.33 bits per heavy atom. The van der Waals surface area contributed by atoms with E-state index in [1.54, 1.807) is 0 Å². The van der Waals surface area contributed by atoms with Gasteiger partial charge in [-0.1, -0.05) is 19.1 Å². The first kappa shape index (κ1) is 11.2. The predicted octanol–water partition coefficient (Wildman–Crippen LogP) is 2.40. The van der Waals surface area contributed by atoms with Crippen LogP contribution in [-0.2, 0) is 0 Å². The zero-order valence-electron chi connectivity index (χ0n) is 9.63. The molecule has 2 N–H and O–H groups in total. The number of aliphatic hydroxyl groups is 2. The van der Waals surface area contributed by atoms with Crippen LogP contribution in [0.5, 0.6) is 0 Å². The van der Waals surface area contributed by atoms with E-state index in [1.165, 1.54) is 0 Å². The van der Waals surface area contributed by atoms with Crippen LogP contribution in [-0.4, -0.2) is 21.9 Å². The molecule has 0 aliphatic heterocycles. The standard InChI is InChI=1S/C13H22O2/c1-10-5-3-7-12(2)11(14)6-4-8-13(12,15)9-10/h11,14-15H,1,3-9H2,2H3/t11-,12-,13+/m1/s1. The summed E-state index contributed by atoms with van der Waals surface area (Å²) in [5.41, 5.74) is 0.124. The van der Waals surface area contributed by atoms with Gasteiger partial charge in [-0.2, -0.15) is 0 Å². The molecule has 3 atom stereocenters. The largest absolute Gasteiger partial charge is 0.392 e. The van der Waals surface area contributed by atoms with Gasteiger partial charge >= 0.3 is 0 Å². The van der Waals surface area contributed by atoms with Gasteiger partial charge in [0.25, 0.3) is 0 Å². The Bertz CT molecular complexity index is 274. The molecule has 0 heterocycles. The van der Waals surface area contributed by atoms with E-state index in [1.807, 2.05) is 0 Å². The minimum absolute atomic E-state index is 0.315. The van der Waals surface area contributed by atoms with Crippen LogP contribution in [0.3, 0.4) is 0 Å². The molecule has 86 valence electrons. The van der Waals surface area contributed by atoms with Crippen molar-refractivity contribution in [3.05, 3.63) is 12.2 Å². The van der Waals surface area contributed by atoms with Crippen molar-refractivity contribution in [2.75, 3.05) is 0 Å². The van der Waals surface area contributed by atoms with Crippen LogP contribution in [0.15, 0.2) is 12.2 Å². The SMILES string of the molecule is C=C1CCC[C@]2(C)[C@H](O)CCC[C@]2(O)C1. The fraction of sp³-hybridized carbons (Fsp3) is 0.846. The molecule has 0 aromatic rings. The van der Waals surface area contributed by atoms with Crippen molar-refractivity contribution in [2.45, 2.75) is 63.6 Å². The summed E-state index contributed by atoms with van der Waals surface area (Å²) in [6, 6.07) is 0. The first-order chi connectivity index (χ1) is 6.98. The predicted molar refractivity (Wildman–Crippen MR) is 60.5 cm³/mol. The molecular weight excluding hydrogens is 188 g/mol. The first-order valence-corrected chi connectivity index (χ1v) is 6.05. The van der Waals surface area contributed by atoms with Gasteiger partial charge in [0.05, 0.1) is 11.7 Å². The quantitative estimate of drug-likeness (QED) is 0.603. The molecular formula is C13H22O2. The third kappa shape index (κ3) is 1.64. The second-order valence-corrected chi connectivity index (χ2v) is 5.64. The number of rotatable bonds is 0. The normalized spacial score (nSPS) is 47.1. The Morgan fingerprint density at radius 3 is 2.80 bits per heavy atom. The summed E-state index contributed by atoms with van der Waals surface area (Å²) in [7, 11) is 0. The lowest BCUT2D eigenvalue weighted by atomic mass is 9.60. The highest BCUT2D eigenvalue weighted by Gasteiger charge is 2.53. The Kier molecular flexibility index (Phi) is 2.68. The summed E-state index contributed by atoms with van der Waals surface area (Å²) in [4.78, 5) is 0. The minimum atomic E-state index is -0.710. The molecule has 2 aliphatic rings. The van der Waals surface area contributed by atoms with Gasteiger partial charge in [-0.05, 0) is 44.9 Å². The molecule has 0 radical (unpaired) electrons. The molecule has 2 heteroatoms. The maximum Gasteiger partial charge on any atom is 0.0762 e. The Labute approximate surface area is 92.0 Å². The monoisotopic (exact) mass is 210 g/mol. The van der Waals surface area contributed by atoms with Crippen molar-refractivity contribution in [2.24, 2.45) is 5.41 Å². The molecule has 0 bridgehead atoms. The van der Waals surface area contributed by atoms with E-state index in [2.05, 4.69) is 13.5 Å². The van der Waals surface area contributed by atoms with Gasteiger partial charge in [0.1, 0.15) is 0 Å². The van der Waals surface area contributed by atoms with Gasteiger partial charge in [-0.3, -0.25) is 0 Å². The van der Waals surface area contributed by atoms with Gasteiger partial charge in [0.15, 0.2) is 0 Å². The Morgan fingerprint density at radius 2 is 2.07 bits per heavy atom. The third-order valence-electron chi connectivity index (χ3n) is 4.64. The molecule has 2 saturated carbocycles. The molecule has 2 nitrogen and oxygen atoms in total. The summed E-state index contributed by atoms with van der Waals surface area (Å²) in [5, 5.41) is 20.9. The molecule has 0 spiro atoms. The second-order valence-electron chi connectivity index (χ2n) is 5.64. The molecule has 2 rings (SSSR count). The summed E-state index contributed by atoms with van der Waals surface area (Å²) < 4.78 is 0. The van der Waals surface area contributed by atoms with Crippen LogP contribution in [0.1, 0.15) is 51.9 Å². The van der Waals surface area contributed by atoms with Crippen molar-refractivity contribution < 1.29 is 10.2 Å². The summed E-state index contributed by atoms with van der Waals surface area (Å²) in [6.07, 6.45) is 5.90. The van der Waals surface area contributed by atoms with Crippen molar-refractivity contribution in [3.63, 3.8) is 0 Å². The number of fused-ring (bicyclic) bond motifs is 1. The van der Waals surface area contributed by atoms with E-state index in [4.69, 9.17) is 0 Å². The van der Waals surface area contributed by atoms with E-state index >= 15 is 0 Å². The average Bonchev–Trinajstić information content (AvgIpc) is 2.25.